The normalized spacial score (nSPS) is 15.7. The van der Waals surface area contributed by atoms with Gasteiger partial charge in [0.2, 0.25) is 10.0 Å². The van der Waals surface area contributed by atoms with E-state index in [-0.39, 0.29) is 92.8 Å². The van der Waals surface area contributed by atoms with Crippen LogP contribution in [0.4, 0.5) is 11.4 Å². The van der Waals surface area contributed by atoms with E-state index in [0.717, 1.165) is 31.1 Å². The van der Waals surface area contributed by atoms with E-state index >= 15 is 0 Å². The average Bonchev–Trinajstić information content (AvgIpc) is 3.65. The number of benzene rings is 2. The van der Waals surface area contributed by atoms with E-state index in [9.17, 15) is 34.4 Å². The Balaban J connectivity index is 0.00000253. The minimum atomic E-state index is -5.03. The standard InChI is InChI=1S/C21H23N3O8S4.2Na/c25-34(26,18-9-10-18)24-17-6-4-14(20(12-17)36(30,31)32)2-1-13-3-5-16(11-19(13)35(27,28)29)23-21(33)22-15-7-8-15;;/h1-6,11-12,15,18,24H,7-10H2,(H2,22,23,33)(H,27,28,29)(H,30,31,32);;/q;2*+1/p-2/b2-1+;;. The summed E-state index contributed by atoms with van der Waals surface area (Å²) in [5.74, 6) is 0. The molecule has 2 aliphatic rings. The third-order valence-electron chi connectivity index (χ3n) is 5.40. The van der Waals surface area contributed by atoms with Gasteiger partial charge in [0.1, 0.15) is 20.2 Å². The zero-order valence-corrected chi connectivity index (χ0v) is 27.8. The molecule has 38 heavy (non-hydrogen) atoms. The van der Waals surface area contributed by atoms with Crippen LogP contribution in [0.5, 0.6) is 0 Å². The van der Waals surface area contributed by atoms with Crippen LogP contribution in [0.2, 0.25) is 0 Å². The number of thiocarbonyl (C=S) groups is 1. The number of anilines is 2. The molecule has 2 saturated carbocycles. The summed E-state index contributed by atoms with van der Waals surface area (Å²) in [6.07, 6.45) is 5.25. The van der Waals surface area contributed by atoms with Crippen molar-refractivity contribution < 1.29 is 93.5 Å². The maximum Gasteiger partial charge on any atom is 1.00 e. The monoisotopic (exact) mass is 617 g/mol. The largest absolute Gasteiger partial charge is 1.00 e. The van der Waals surface area contributed by atoms with Gasteiger partial charge in [-0.1, -0.05) is 24.3 Å². The predicted octanol–water partition coefficient (Wildman–Crippen LogP) is -3.97. The van der Waals surface area contributed by atoms with Crippen LogP contribution in [0, 0.1) is 0 Å². The summed E-state index contributed by atoms with van der Waals surface area (Å²) in [7, 11) is -13.7. The molecule has 0 bridgehead atoms. The molecule has 17 heteroatoms. The van der Waals surface area contributed by atoms with Crippen molar-refractivity contribution in [1.82, 2.24) is 5.32 Å². The first kappa shape index (κ1) is 33.6. The number of sulfonamides is 1. The summed E-state index contributed by atoms with van der Waals surface area (Å²) < 4.78 is 97.7. The molecule has 0 radical (unpaired) electrons. The quantitative estimate of drug-likeness (QED) is 0.108. The molecule has 4 rings (SSSR count). The molecule has 2 aromatic rings. The first-order chi connectivity index (χ1) is 16.7. The molecular formula is C21H21N3Na2O8S4. The van der Waals surface area contributed by atoms with Gasteiger partial charge in [-0.25, -0.2) is 25.3 Å². The van der Waals surface area contributed by atoms with Crippen LogP contribution in [0.25, 0.3) is 12.2 Å². The number of nitrogens with one attached hydrogen (secondary N) is 3. The smallest absolute Gasteiger partial charge is 0.744 e. The van der Waals surface area contributed by atoms with Crippen LogP contribution in [0.3, 0.4) is 0 Å². The van der Waals surface area contributed by atoms with Gasteiger partial charge in [0.25, 0.3) is 0 Å². The Morgan fingerprint density at radius 3 is 1.71 bits per heavy atom. The van der Waals surface area contributed by atoms with Gasteiger partial charge >= 0.3 is 59.1 Å². The van der Waals surface area contributed by atoms with Crippen LogP contribution in [0.1, 0.15) is 36.8 Å². The number of hydrogen-bond donors (Lipinski definition) is 3. The van der Waals surface area contributed by atoms with Crippen LogP contribution in [-0.4, -0.2) is 50.8 Å². The van der Waals surface area contributed by atoms with Crippen LogP contribution in [0.15, 0.2) is 46.2 Å². The molecule has 11 nitrogen and oxygen atoms in total. The van der Waals surface area contributed by atoms with Crippen molar-refractivity contribution in [3.05, 3.63) is 47.5 Å². The fraction of sp³-hybridized carbons (Fsp3) is 0.286. The van der Waals surface area contributed by atoms with Gasteiger partial charge in [-0.05, 0) is 73.3 Å². The van der Waals surface area contributed by atoms with E-state index in [4.69, 9.17) is 12.2 Å². The van der Waals surface area contributed by atoms with Gasteiger partial charge in [-0.2, -0.15) is 0 Å². The molecule has 3 N–H and O–H groups in total. The van der Waals surface area contributed by atoms with Crippen molar-refractivity contribution in [2.45, 2.75) is 46.8 Å². The van der Waals surface area contributed by atoms with Crippen molar-refractivity contribution in [3.63, 3.8) is 0 Å². The van der Waals surface area contributed by atoms with E-state index in [0.29, 0.717) is 12.8 Å². The molecular weight excluding hydrogens is 596 g/mol. The molecule has 0 spiro atoms. The second kappa shape index (κ2) is 13.0. The molecule has 0 unspecified atom stereocenters. The second-order valence-electron chi connectivity index (χ2n) is 8.47. The van der Waals surface area contributed by atoms with E-state index in [1.54, 1.807) is 0 Å². The Morgan fingerprint density at radius 2 is 1.26 bits per heavy atom. The second-order valence-corrected chi connectivity index (χ2v) is 13.5. The number of hydrogen-bond acceptors (Lipinski definition) is 9. The SMILES string of the molecule is O=S(=O)([O-])c1cc(NC(=S)NC2CC2)ccc1/C=C/c1ccc(NS(=O)(=O)C2CC2)cc1S(=O)(=O)[O-].[Na+].[Na+]. The third kappa shape index (κ3) is 9.24. The molecule has 2 aliphatic carbocycles. The summed E-state index contributed by atoms with van der Waals surface area (Å²) in [4.78, 5) is -1.30. The Labute approximate surface area is 271 Å². The minimum Gasteiger partial charge on any atom is -0.744 e. The Morgan fingerprint density at radius 1 is 0.789 bits per heavy atom. The first-order valence-electron chi connectivity index (χ1n) is 10.7. The van der Waals surface area contributed by atoms with Gasteiger partial charge in [0, 0.05) is 17.4 Å². The molecule has 0 aliphatic heterocycles. The molecule has 0 amide bonds. The maximum atomic E-state index is 12.1. The van der Waals surface area contributed by atoms with Crippen LogP contribution in [-0.2, 0) is 30.3 Å². The Hall–Kier alpha value is -0.560. The average molecular weight is 618 g/mol. The maximum absolute atomic E-state index is 12.1. The summed E-state index contributed by atoms with van der Waals surface area (Å²) in [6, 6.07) is 7.55. The van der Waals surface area contributed by atoms with E-state index in [1.807, 2.05) is 0 Å². The van der Waals surface area contributed by atoms with Crippen molar-refractivity contribution in [2.24, 2.45) is 0 Å². The van der Waals surface area contributed by atoms with Gasteiger partial charge in [0.05, 0.1) is 15.0 Å². The van der Waals surface area contributed by atoms with Crippen LogP contribution < -0.4 is 74.5 Å². The van der Waals surface area contributed by atoms with E-state index in [1.165, 1.54) is 30.3 Å². The summed E-state index contributed by atoms with van der Waals surface area (Å²) in [6.45, 7) is 0. The minimum absolute atomic E-state index is 0. The van der Waals surface area contributed by atoms with Gasteiger partial charge in [0.15, 0.2) is 5.11 Å². The van der Waals surface area contributed by atoms with Gasteiger partial charge < -0.3 is 19.7 Å². The molecule has 194 valence electrons. The van der Waals surface area contributed by atoms with Crippen LogP contribution >= 0.6 is 12.2 Å². The van der Waals surface area contributed by atoms with Gasteiger partial charge in [-0.3, -0.25) is 4.72 Å². The van der Waals surface area contributed by atoms with E-state index in [2.05, 4.69) is 15.4 Å². The Bertz CT molecular complexity index is 1570. The van der Waals surface area contributed by atoms with E-state index < -0.39 is 45.3 Å². The summed E-state index contributed by atoms with van der Waals surface area (Å²) in [5, 5.41) is 5.54. The van der Waals surface area contributed by atoms with Crippen molar-refractivity contribution in [1.29, 1.82) is 0 Å². The molecule has 0 saturated heterocycles. The topological polar surface area (TPSA) is 185 Å². The molecule has 2 aromatic carbocycles. The molecule has 0 atom stereocenters. The first-order valence-corrected chi connectivity index (χ1v) is 15.5. The molecule has 2 fully saturated rings. The van der Waals surface area contributed by atoms with Crippen molar-refractivity contribution >= 4 is 71.1 Å². The zero-order chi connectivity index (χ0) is 26.3. The molecule has 0 aromatic heterocycles. The van der Waals surface area contributed by atoms with Gasteiger partial charge in [-0.15, -0.1) is 0 Å². The fourth-order valence-corrected chi connectivity index (χ4v) is 6.36. The fourth-order valence-electron chi connectivity index (χ4n) is 3.30. The zero-order valence-electron chi connectivity index (χ0n) is 20.5. The Kier molecular flexibility index (Phi) is 11.5. The molecule has 0 heterocycles. The van der Waals surface area contributed by atoms with Crippen molar-refractivity contribution in [2.75, 3.05) is 10.0 Å². The summed E-state index contributed by atoms with van der Waals surface area (Å²) in [5.41, 5.74) is -0.00707. The number of rotatable bonds is 9. The third-order valence-corrected chi connectivity index (χ3v) is 9.28. The predicted molar refractivity (Wildman–Crippen MR) is 136 cm³/mol. The summed E-state index contributed by atoms with van der Waals surface area (Å²) >= 11 is 5.15. The van der Waals surface area contributed by atoms with Crippen molar-refractivity contribution in [3.8, 4) is 0 Å².